The standard InChI is InChI=1S/C18H16Cl2O3.C9H6Cl2O4.C8H11N.CH4.2H2S/c1-11(12-6-4-3-5-7-12)8-16(21)13-9-14(19)17(15(20)10-13)18(22)23-2;1-15-9(14)7-5(10)2-4(8(12)13)3-6(7)11;1-7(9)8-5-3-2-4-6-8;;;/h3-7,9-11H,8H2,1-2H3;2-3H,1H3,(H,12,13);2-7H,9H2,1H3;1H4;2*1H2/t11-;;7-;;;/m1.0.../s1. The highest BCUT2D eigenvalue weighted by atomic mass is 35.5. The second-order valence-corrected chi connectivity index (χ2v) is 11.7. The Hall–Kier alpha value is -3.22. The average molecular weight is 806 g/mol. The SMILES string of the molecule is C.COC(=O)c1c(Cl)cc(C(=O)C[C@@H](C)c2ccccc2)cc1Cl.COC(=O)c1c(Cl)cc(C(=O)O)cc1Cl.C[C@H](N)c1ccccc1.S.S. The molecule has 4 aromatic rings. The van der Waals surface area contributed by atoms with Crippen LogP contribution in [0.2, 0.25) is 20.1 Å². The topological polar surface area (TPSA) is 133 Å². The van der Waals surface area contributed by atoms with Gasteiger partial charge in [0.2, 0.25) is 0 Å². The fraction of sp³-hybridized carbons (Fsp3) is 0.222. The lowest BCUT2D eigenvalue weighted by Gasteiger charge is -2.12. The first kappa shape index (κ1) is 48.9. The molecule has 14 heteroatoms. The number of benzene rings is 4. The molecular weight excluding hydrogens is 764 g/mol. The van der Waals surface area contributed by atoms with Gasteiger partial charge < -0.3 is 20.3 Å². The van der Waals surface area contributed by atoms with E-state index in [-0.39, 0.29) is 88.9 Å². The summed E-state index contributed by atoms with van der Waals surface area (Å²) in [5, 5.41) is 8.81. The maximum Gasteiger partial charge on any atom is 0.340 e. The minimum Gasteiger partial charge on any atom is -0.478 e. The van der Waals surface area contributed by atoms with E-state index in [1.807, 2.05) is 74.5 Å². The molecule has 0 fully saturated rings. The van der Waals surface area contributed by atoms with Crippen LogP contribution in [0, 0.1) is 0 Å². The number of carboxylic acid groups (broad SMARTS) is 1. The molecule has 272 valence electrons. The first-order valence-electron chi connectivity index (χ1n) is 14.0. The summed E-state index contributed by atoms with van der Waals surface area (Å²) in [4.78, 5) is 45.9. The molecule has 0 saturated carbocycles. The van der Waals surface area contributed by atoms with Crippen LogP contribution in [-0.2, 0) is 9.47 Å². The van der Waals surface area contributed by atoms with E-state index >= 15 is 0 Å². The zero-order chi connectivity index (χ0) is 35.3. The van der Waals surface area contributed by atoms with Gasteiger partial charge in [-0.25, -0.2) is 14.4 Å². The van der Waals surface area contributed by atoms with E-state index in [1.165, 1.54) is 31.9 Å². The Labute approximate surface area is 327 Å². The minimum atomic E-state index is -1.17. The minimum absolute atomic E-state index is 0. The third-order valence-corrected chi connectivity index (χ3v) is 7.81. The molecule has 8 nitrogen and oxygen atoms in total. The Kier molecular flexibility index (Phi) is 23.5. The molecule has 0 unspecified atom stereocenters. The molecule has 0 aromatic heterocycles. The predicted octanol–water partition coefficient (Wildman–Crippen LogP) is 10.2. The molecular formula is C36H41Cl4NO7S2. The third-order valence-electron chi connectivity index (χ3n) is 6.62. The summed E-state index contributed by atoms with van der Waals surface area (Å²) >= 11 is 23.5. The van der Waals surface area contributed by atoms with Crippen molar-refractivity contribution < 1.29 is 33.8 Å². The largest absolute Gasteiger partial charge is 0.478 e. The maximum atomic E-state index is 12.5. The molecule has 4 rings (SSSR count). The predicted molar refractivity (Wildman–Crippen MR) is 213 cm³/mol. The molecule has 0 bridgehead atoms. The molecule has 0 spiro atoms. The highest BCUT2D eigenvalue weighted by molar-refractivity contribution is 7.59. The number of hydrogen-bond acceptors (Lipinski definition) is 7. The average Bonchev–Trinajstić information content (AvgIpc) is 3.05. The number of aromatic carboxylic acids is 1. The summed E-state index contributed by atoms with van der Waals surface area (Å²) in [6.07, 6.45) is 0.328. The Morgan fingerprint density at radius 1 is 0.660 bits per heavy atom. The summed E-state index contributed by atoms with van der Waals surface area (Å²) in [5.74, 6) is -2.52. The number of Topliss-reactive ketones (excluding diaryl/α,β-unsaturated/α-hetero) is 1. The Morgan fingerprint density at radius 3 is 1.30 bits per heavy atom. The van der Waals surface area contributed by atoms with Crippen LogP contribution in [0.4, 0.5) is 0 Å². The number of carbonyl (C=O) groups excluding carboxylic acids is 3. The van der Waals surface area contributed by atoms with Crippen LogP contribution in [0.1, 0.15) is 92.2 Å². The quantitative estimate of drug-likeness (QED) is 0.133. The Bertz CT molecular complexity index is 1660. The van der Waals surface area contributed by atoms with Crippen molar-refractivity contribution in [3.8, 4) is 0 Å². The molecule has 4 aromatic carbocycles. The van der Waals surface area contributed by atoms with Gasteiger partial charge in [-0.3, -0.25) is 4.79 Å². The number of halogens is 4. The molecule has 0 aliphatic rings. The lowest BCUT2D eigenvalue weighted by atomic mass is 9.93. The molecule has 2 atom stereocenters. The van der Waals surface area contributed by atoms with Gasteiger partial charge in [0.15, 0.2) is 5.78 Å². The van der Waals surface area contributed by atoms with Crippen LogP contribution < -0.4 is 5.73 Å². The van der Waals surface area contributed by atoms with Crippen molar-refractivity contribution in [1.82, 2.24) is 0 Å². The van der Waals surface area contributed by atoms with Crippen LogP contribution in [-0.4, -0.2) is 43.0 Å². The normalized spacial score (nSPS) is 10.7. The lowest BCUT2D eigenvalue weighted by Crippen LogP contribution is -2.08. The van der Waals surface area contributed by atoms with Crippen LogP contribution in [0.5, 0.6) is 0 Å². The molecule has 3 N–H and O–H groups in total. The van der Waals surface area contributed by atoms with E-state index in [4.69, 9.17) is 57.2 Å². The van der Waals surface area contributed by atoms with Gasteiger partial charge in [-0.2, -0.15) is 27.0 Å². The van der Waals surface area contributed by atoms with Crippen LogP contribution in [0.15, 0.2) is 84.9 Å². The third kappa shape index (κ3) is 14.6. The first-order valence-corrected chi connectivity index (χ1v) is 15.5. The number of hydrogen-bond donors (Lipinski definition) is 2. The molecule has 0 aliphatic heterocycles. The van der Waals surface area contributed by atoms with E-state index in [9.17, 15) is 19.2 Å². The fourth-order valence-electron chi connectivity index (χ4n) is 4.08. The number of ketones is 1. The molecule has 0 aliphatic carbocycles. The summed E-state index contributed by atoms with van der Waals surface area (Å²) in [5.41, 5.74) is 8.23. The van der Waals surface area contributed by atoms with E-state index < -0.39 is 17.9 Å². The Balaban J connectivity index is 0. The van der Waals surface area contributed by atoms with E-state index in [0.29, 0.717) is 12.0 Å². The number of ether oxygens (including phenoxy) is 2. The van der Waals surface area contributed by atoms with E-state index in [1.54, 1.807) is 0 Å². The van der Waals surface area contributed by atoms with Crippen LogP contribution >= 0.6 is 73.4 Å². The molecule has 0 saturated heterocycles. The van der Waals surface area contributed by atoms with Crippen molar-refractivity contribution in [3.05, 3.63) is 138 Å². The van der Waals surface area contributed by atoms with Crippen molar-refractivity contribution >= 4 is 97.1 Å². The smallest absolute Gasteiger partial charge is 0.340 e. The number of esters is 2. The van der Waals surface area contributed by atoms with Crippen molar-refractivity contribution in [2.24, 2.45) is 5.73 Å². The van der Waals surface area contributed by atoms with Crippen LogP contribution in [0.25, 0.3) is 0 Å². The summed E-state index contributed by atoms with van der Waals surface area (Å²) in [7, 11) is 2.43. The molecule has 0 radical (unpaired) electrons. The van der Waals surface area contributed by atoms with Gasteiger partial charge in [0.1, 0.15) is 0 Å². The Morgan fingerprint density at radius 2 is 1.00 bits per heavy atom. The molecule has 50 heavy (non-hydrogen) atoms. The summed E-state index contributed by atoms with van der Waals surface area (Å²) < 4.78 is 9.07. The number of nitrogens with two attached hydrogens (primary N) is 1. The van der Waals surface area contributed by atoms with Gasteiger partial charge >= 0.3 is 17.9 Å². The number of rotatable bonds is 8. The second kappa shape index (κ2) is 24.1. The number of carbonyl (C=O) groups is 4. The maximum absolute atomic E-state index is 12.5. The second-order valence-electron chi connectivity index (χ2n) is 10.1. The molecule has 0 heterocycles. The van der Waals surface area contributed by atoms with Gasteiger partial charge in [0.25, 0.3) is 0 Å². The monoisotopic (exact) mass is 803 g/mol. The summed E-state index contributed by atoms with van der Waals surface area (Å²) in [6.45, 7) is 3.97. The highest BCUT2D eigenvalue weighted by Crippen LogP contribution is 2.30. The van der Waals surface area contributed by atoms with Gasteiger partial charge in [-0.05, 0) is 48.2 Å². The fourth-order valence-corrected chi connectivity index (χ4v) is 5.36. The highest BCUT2D eigenvalue weighted by Gasteiger charge is 2.21. The van der Waals surface area contributed by atoms with E-state index in [0.717, 1.165) is 17.7 Å². The lowest BCUT2D eigenvalue weighted by molar-refractivity contribution is 0.0592. The zero-order valence-electron chi connectivity index (χ0n) is 26.9. The van der Waals surface area contributed by atoms with Gasteiger partial charge in [0.05, 0.1) is 51.0 Å². The summed E-state index contributed by atoms with van der Waals surface area (Å²) in [6, 6.07) is 25.2. The van der Waals surface area contributed by atoms with Crippen molar-refractivity contribution in [2.75, 3.05) is 14.2 Å². The first-order chi connectivity index (χ1) is 22.2. The van der Waals surface area contributed by atoms with Crippen molar-refractivity contribution in [3.63, 3.8) is 0 Å². The van der Waals surface area contributed by atoms with E-state index in [2.05, 4.69) is 9.47 Å². The van der Waals surface area contributed by atoms with Gasteiger partial charge in [0, 0.05) is 18.0 Å². The van der Waals surface area contributed by atoms with Crippen molar-refractivity contribution in [2.45, 2.75) is 39.7 Å². The van der Waals surface area contributed by atoms with Gasteiger partial charge in [-0.15, -0.1) is 0 Å². The number of carboxylic acids is 1. The van der Waals surface area contributed by atoms with Gasteiger partial charge in [-0.1, -0.05) is 121 Å². The number of methoxy groups -OCH3 is 2. The molecule has 0 amide bonds. The zero-order valence-corrected chi connectivity index (χ0v) is 32.0. The van der Waals surface area contributed by atoms with Crippen LogP contribution in [0.3, 0.4) is 0 Å². The van der Waals surface area contributed by atoms with Crippen molar-refractivity contribution in [1.29, 1.82) is 0 Å².